The fourth-order valence-corrected chi connectivity index (χ4v) is 4.00. The van der Waals surface area contributed by atoms with Crippen molar-refractivity contribution in [3.63, 3.8) is 0 Å². The first-order valence-electron chi connectivity index (χ1n) is 6.61. The van der Waals surface area contributed by atoms with Crippen molar-refractivity contribution in [1.29, 1.82) is 0 Å². The zero-order chi connectivity index (χ0) is 12.5. The summed E-state index contributed by atoms with van der Waals surface area (Å²) in [6, 6.07) is 21.7. The number of benzene rings is 2. The summed E-state index contributed by atoms with van der Waals surface area (Å²) >= 11 is 0.776. The van der Waals surface area contributed by atoms with Crippen molar-refractivity contribution in [2.24, 2.45) is 0 Å². The third kappa shape index (κ3) is 5.08. The third-order valence-corrected chi connectivity index (χ3v) is 5.30. The number of unbranched alkanes of at least 4 members (excludes halogenated alkanes) is 1. The summed E-state index contributed by atoms with van der Waals surface area (Å²) in [4.78, 5) is 0. The number of hydrogen-bond acceptors (Lipinski definition) is 0. The molecule has 0 spiro atoms. The van der Waals surface area contributed by atoms with Crippen LogP contribution in [-0.2, 0) is 11.7 Å². The number of hydrogen-bond donors (Lipinski definition) is 0. The molecule has 94 valence electrons. The van der Waals surface area contributed by atoms with Gasteiger partial charge in [0.05, 0.1) is 0 Å². The maximum absolute atomic E-state index is 2.24. The molecule has 0 saturated carbocycles. The van der Waals surface area contributed by atoms with E-state index >= 15 is 0 Å². The molecule has 0 unspecified atom stereocenters. The summed E-state index contributed by atoms with van der Waals surface area (Å²) < 4.78 is 0. The van der Waals surface area contributed by atoms with Gasteiger partial charge in [-0.2, -0.15) is 0 Å². The summed E-state index contributed by atoms with van der Waals surface area (Å²) in [7, 11) is 0. The SMILES string of the molecule is c1ccc(CCCC[Se]Cc2ccccc2)cc1. The van der Waals surface area contributed by atoms with Gasteiger partial charge in [-0.3, -0.25) is 0 Å². The molecule has 0 atom stereocenters. The summed E-state index contributed by atoms with van der Waals surface area (Å²) in [5.74, 6) is 0. The van der Waals surface area contributed by atoms with Crippen LogP contribution in [0.4, 0.5) is 0 Å². The Morgan fingerprint density at radius 2 is 1.28 bits per heavy atom. The molecule has 2 rings (SSSR count). The molecule has 18 heavy (non-hydrogen) atoms. The molecule has 2 aromatic carbocycles. The van der Waals surface area contributed by atoms with E-state index in [-0.39, 0.29) is 0 Å². The predicted molar refractivity (Wildman–Crippen MR) is 80.1 cm³/mol. The van der Waals surface area contributed by atoms with Gasteiger partial charge in [0.2, 0.25) is 0 Å². The van der Waals surface area contributed by atoms with Gasteiger partial charge >= 0.3 is 117 Å². The predicted octanol–water partition coefficient (Wildman–Crippen LogP) is 4.33. The van der Waals surface area contributed by atoms with Gasteiger partial charge in [0, 0.05) is 0 Å². The summed E-state index contributed by atoms with van der Waals surface area (Å²) in [6.07, 6.45) is 3.95. The van der Waals surface area contributed by atoms with E-state index < -0.39 is 0 Å². The summed E-state index contributed by atoms with van der Waals surface area (Å²) in [6.45, 7) is 0. The quantitative estimate of drug-likeness (QED) is 0.527. The van der Waals surface area contributed by atoms with Gasteiger partial charge in [0.15, 0.2) is 0 Å². The van der Waals surface area contributed by atoms with Crippen LogP contribution in [0, 0.1) is 0 Å². The van der Waals surface area contributed by atoms with E-state index in [9.17, 15) is 0 Å². The van der Waals surface area contributed by atoms with Gasteiger partial charge in [0.25, 0.3) is 0 Å². The molecule has 0 amide bonds. The van der Waals surface area contributed by atoms with Crippen molar-refractivity contribution >= 4 is 15.0 Å². The van der Waals surface area contributed by atoms with Crippen LogP contribution in [0.3, 0.4) is 0 Å². The Balaban J connectivity index is 1.54. The number of aryl methyl sites for hydroxylation is 1. The third-order valence-electron chi connectivity index (χ3n) is 2.96. The van der Waals surface area contributed by atoms with Crippen molar-refractivity contribution in [1.82, 2.24) is 0 Å². The van der Waals surface area contributed by atoms with Crippen LogP contribution in [0.25, 0.3) is 0 Å². The molecule has 0 N–H and O–H groups in total. The Labute approximate surface area is 117 Å². The second-order valence-electron chi connectivity index (χ2n) is 4.48. The molecule has 0 bridgehead atoms. The Kier molecular flexibility index (Phi) is 6.05. The van der Waals surface area contributed by atoms with E-state index in [1.165, 1.54) is 41.0 Å². The van der Waals surface area contributed by atoms with E-state index in [1.807, 2.05) is 0 Å². The average Bonchev–Trinajstić information content (AvgIpc) is 2.45. The fraction of sp³-hybridized carbons (Fsp3) is 0.294. The molecule has 0 saturated heterocycles. The Hall–Kier alpha value is -1.04. The maximum atomic E-state index is 2.24. The van der Waals surface area contributed by atoms with Crippen molar-refractivity contribution in [2.45, 2.75) is 29.9 Å². The van der Waals surface area contributed by atoms with E-state index in [1.54, 1.807) is 0 Å². The average molecular weight is 303 g/mol. The first-order chi connectivity index (χ1) is 8.95. The standard InChI is InChI=1S/C17H20Se/c1-3-9-16(10-4-1)11-7-8-14-18-15-17-12-5-2-6-13-17/h1-6,9-10,12-13H,7-8,11,14-15H2. The van der Waals surface area contributed by atoms with Crippen LogP contribution < -0.4 is 0 Å². The Morgan fingerprint density at radius 1 is 0.667 bits per heavy atom. The molecule has 1 heteroatoms. The molecule has 0 aromatic heterocycles. The zero-order valence-corrected chi connectivity index (χ0v) is 12.4. The van der Waals surface area contributed by atoms with Gasteiger partial charge < -0.3 is 0 Å². The molecule has 0 heterocycles. The molecule has 0 aliphatic carbocycles. The number of rotatable bonds is 7. The topological polar surface area (TPSA) is 0 Å². The van der Waals surface area contributed by atoms with Gasteiger partial charge in [0.1, 0.15) is 0 Å². The molecule has 0 aliphatic heterocycles. The van der Waals surface area contributed by atoms with Crippen LogP contribution in [0.1, 0.15) is 24.0 Å². The molecule has 0 aliphatic rings. The van der Waals surface area contributed by atoms with E-state index in [0.29, 0.717) is 0 Å². The monoisotopic (exact) mass is 304 g/mol. The van der Waals surface area contributed by atoms with Gasteiger partial charge in [-0.05, 0) is 0 Å². The second-order valence-corrected chi connectivity index (χ2v) is 6.80. The molecule has 0 radical (unpaired) electrons. The zero-order valence-electron chi connectivity index (χ0n) is 10.7. The van der Waals surface area contributed by atoms with Crippen molar-refractivity contribution in [2.75, 3.05) is 0 Å². The van der Waals surface area contributed by atoms with Crippen molar-refractivity contribution in [3.05, 3.63) is 71.8 Å². The Morgan fingerprint density at radius 3 is 1.94 bits per heavy atom. The van der Waals surface area contributed by atoms with Crippen LogP contribution >= 0.6 is 0 Å². The summed E-state index contributed by atoms with van der Waals surface area (Å²) in [5, 5.41) is 2.70. The molecule has 0 fully saturated rings. The Bertz CT molecular complexity index is 378. The normalized spacial score (nSPS) is 10.4. The molecular weight excluding hydrogens is 283 g/mol. The van der Waals surface area contributed by atoms with E-state index in [4.69, 9.17) is 0 Å². The first-order valence-corrected chi connectivity index (χ1v) is 9.03. The van der Waals surface area contributed by atoms with Gasteiger partial charge in [-0.15, -0.1) is 0 Å². The minimum absolute atomic E-state index is 0.776. The van der Waals surface area contributed by atoms with E-state index in [0.717, 1.165) is 15.0 Å². The fourth-order valence-electron chi connectivity index (χ4n) is 1.94. The summed E-state index contributed by atoms with van der Waals surface area (Å²) in [5.41, 5.74) is 2.98. The van der Waals surface area contributed by atoms with Crippen LogP contribution in [0.15, 0.2) is 60.7 Å². The first kappa shape index (κ1) is 13.4. The van der Waals surface area contributed by atoms with Gasteiger partial charge in [-0.25, -0.2) is 0 Å². The van der Waals surface area contributed by atoms with Gasteiger partial charge in [-0.1, -0.05) is 0 Å². The minimum atomic E-state index is 0.776. The van der Waals surface area contributed by atoms with Crippen LogP contribution in [0.5, 0.6) is 0 Å². The van der Waals surface area contributed by atoms with Crippen LogP contribution in [0.2, 0.25) is 5.32 Å². The second kappa shape index (κ2) is 8.13. The van der Waals surface area contributed by atoms with Crippen LogP contribution in [-0.4, -0.2) is 15.0 Å². The van der Waals surface area contributed by atoms with Crippen molar-refractivity contribution < 1.29 is 0 Å². The molecule has 0 nitrogen and oxygen atoms in total. The van der Waals surface area contributed by atoms with Crippen molar-refractivity contribution in [3.8, 4) is 0 Å². The van der Waals surface area contributed by atoms with E-state index in [2.05, 4.69) is 60.7 Å². The molecule has 2 aromatic rings. The molecular formula is C17H20Se.